The third-order valence-corrected chi connectivity index (χ3v) is 2.23. The number of hydrazine groups is 1. The van der Waals surface area contributed by atoms with Crippen molar-refractivity contribution in [2.45, 2.75) is 6.54 Å². The van der Waals surface area contributed by atoms with E-state index in [4.69, 9.17) is 11.6 Å². The third-order valence-electron chi connectivity index (χ3n) is 1.60. The molecule has 82 valence electrons. The maximum atomic E-state index is 13.0. The average molecular weight is 228 g/mol. The molecule has 0 saturated heterocycles. The van der Waals surface area contributed by atoms with Crippen molar-refractivity contribution < 1.29 is 4.39 Å². The van der Waals surface area contributed by atoms with Gasteiger partial charge in [-0.1, -0.05) is 0 Å². The molecule has 0 atom stereocenters. The lowest BCUT2D eigenvalue weighted by atomic mass is 10.2. The highest BCUT2D eigenvalue weighted by Gasteiger charge is 1.98. The van der Waals surface area contributed by atoms with E-state index < -0.39 is 0 Å². The Bertz CT molecular complexity index is 343. The second-order valence-electron chi connectivity index (χ2n) is 2.74. The second kappa shape index (κ2) is 6.28. The summed E-state index contributed by atoms with van der Waals surface area (Å²) in [6.07, 6.45) is 1.56. The van der Waals surface area contributed by atoms with E-state index in [1.54, 1.807) is 17.7 Å². The first-order valence-electron chi connectivity index (χ1n) is 4.28. The molecule has 0 saturated carbocycles. The number of rotatable bonds is 5. The molecule has 0 aliphatic heterocycles. The van der Waals surface area contributed by atoms with Gasteiger partial charge in [-0.05, 0) is 35.7 Å². The highest BCUT2D eigenvalue weighted by Crippen LogP contribution is 2.17. The predicted octanol–water partition coefficient (Wildman–Crippen LogP) is 1.28. The molecule has 0 aliphatic carbocycles. The van der Waals surface area contributed by atoms with Gasteiger partial charge in [-0.3, -0.25) is 5.84 Å². The van der Waals surface area contributed by atoms with Crippen LogP contribution in [0.15, 0.2) is 29.8 Å². The Balaban J connectivity index is 2.60. The first-order chi connectivity index (χ1) is 7.26. The minimum Gasteiger partial charge on any atom is -0.331 e. The van der Waals surface area contributed by atoms with Crippen LogP contribution in [0.4, 0.5) is 10.1 Å². The summed E-state index contributed by atoms with van der Waals surface area (Å²) in [6.45, 7) is 0.317. The SMILES string of the molecule is NCc1cc(F)cc(NS/C=C\NN)c1. The summed E-state index contributed by atoms with van der Waals surface area (Å²) in [7, 11) is 0. The minimum absolute atomic E-state index is 0.304. The van der Waals surface area contributed by atoms with Crippen molar-refractivity contribution in [1.82, 2.24) is 5.43 Å². The van der Waals surface area contributed by atoms with Crippen molar-refractivity contribution in [1.29, 1.82) is 0 Å². The zero-order chi connectivity index (χ0) is 11.1. The smallest absolute Gasteiger partial charge is 0.125 e. The monoisotopic (exact) mass is 228 g/mol. The van der Waals surface area contributed by atoms with Crippen molar-refractivity contribution in [3.63, 3.8) is 0 Å². The summed E-state index contributed by atoms with van der Waals surface area (Å²) in [6, 6.07) is 4.60. The molecule has 15 heavy (non-hydrogen) atoms. The van der Waals surface area contributed by atoms with E-state index in [0.717, 1.165) is 5.56 Å². The van der Waals surface area contributed by atoms with Gasteiger partial charge in [0, 0.05) is 23.8 Å². The average Bonchev–Trinajstić information content (AvgIpc) is 2.23. The zero-order valence-corrected chi connectivity index (χ0v) is 8.85. The Morgan fingerprint density at radius 2 is 2.20 bits per heavy atom. The van der Waals surface area contributed by atoms with Gasteiger partial charge >= 0.3 is 0 Å². The van der Waals surface area contributed by atoms with E-state index in [-0.39, 0.29) is 5.82 Å². The molecule has 0 amide bonds. The van der Waals surface area contributed by atoms with E-state index in [9.17, 15) is 4.39 Å². The molecule has 1 rings (SSSR count). The van der Waals surface area contributed by atoms with E-state index in [0.29, 0.717) is 12.2 Å². The summed E-state index contributed by atoms with van der Waals surface area (Å²) < 4.78 is 16.0. The molecule has 0 radical (unpaired) electrons. The van der Waals surface area contributed by atoms with Crippen LogP contribution >= 0.6 is 11.9 Å². The van der Waals surface area contributed by atoms with Gasteiger partial charge in [0.25, 0.3) is 0 Å². The van der Waals surface area contributed by atoms with Gasteiger partial charge in [0.2, 0.25) is 0 Å². The van der Waals surface area contributed by atoms with E-state index >= 15 is 0 Å². The topological polar surface area (TPSA) is 76.1 Å². The van der Waals surface area contributed by atoms with Crippen LogP contribution in [0.2, 0.25) is 0 Å². The first kappa shape index (κ1) is 11.8. The fourth-order valence-corrected chi connectivity index (χ4v) is 1.47. The van der Waals surface area contributed by atoms with Crippen LogP contribution in [0.3, 0.4) is 0 Å². The number of hydrogen-bond donors (Lipinski definition) is 4. The van der Waals surface area contributed by atoms with Crippen LogP contribution in [-0.2, 0) is 6.54 Å². The number of benzene rings is 1. The van der Waals surface area contributed by atoms with Crippen molar-refractivity contribution in [2.75, 3.05) is 4.72 Å². The first-order valence-corrected chi connectivity index (χ1v) is 5.16. The molecular formula is C9H13FN4S. The lowest BCUT2D eigenvalue weighted by Gasteiger charge is -2.05. The van der Waals surface area contributed by atoms with Gasteiger partial charge < -0.3 is 15.9 Å². The van der Waals surface area contributed by atoms with Crippen molar-refractivity contribution in [3.8, 4) is 0 Å². The number of anilines is 1. The summed E-state index contributed by atoms with van der Waals surface area (Å²) >= 11 is 1.28. The normalized spacial score (nSPS) is 10.6. The Kier molecular flexibility index (Phi) is 4.96. The van der Waals surface area contributed by atoms with Gasteiger partial charge in [-0.2, -0.15) is 0 Å². The quantitative estimate of drug-likeness (QED) is 0.347. The van der Waals surface area contributed by atoms with Gasteiger partial charge in [-0.25, -0.2) is 4.39 Å². The molecule has 0 aliphatic rings. The number of halogens is 1. The largest absolute Gasteiger partial charge is 0.331 e. The summed E-state index contributed by atoms with van der Waals surface area (Å²) in [5.41, 5.74) is 9.19. The third kappa shape index (κ3) is 4.20. The summed E-state index contributed by atoms with van der Waals surface area (Å²) in [4.78, 5) is 0. The lowest BCUT2D eigenvalue weighted by molar-refractivity contribution is 0.626. The van der Waals surface area contributed by atoms with Crippen LogP contribution in [0.1, 0.15) is 5.56 Å². The van der Waals surface area contributed by atoms with Crippen LogP contribution in [-0.4, -0.2) is 0 Å². The lowest BCUT2D eigenvalue weighted by Crippen LogP contribution is -2.12. The molecule has 6 N–H and O–H groups in total. The van der Waals surface area contributed by atoms with Crippen LogP contribution in [0.5, 0.6) is 0 Å². The predicted molar refractivity (Wildman–Crippen MR) is 62.0 cm³/mol. The molecule has 0 aromatic heterocycles. The molecule has 4 nitrogen and oxygen atoms in total. The van der Waals surface area contributed by atoms with E-state index in [1.165, 1.54) is 24.1 Å². The summed E-state index contributed by atoms with van der Waals surface area (Å²) in [5.74, 6) is 4.72. The zero-order valence-electron chi connectivity index (χ0n) is 8.03. The minimum atomic E-state index is -0.304. The Labute approximate surface area is 92.0 Å². The molecule has 6 heteroatoms. The molecular weight excluding hydrogens is 215 g/mol. The van der Waals surface area contributed by atoms with Gasteiger partial charge in [-0.15, -0.1) is 0 Å². The fourth-order valence-electron chi connectivity index (χ4n) is 1.00. The van der Waals surface area contributed by atoms with E-state index in [2.05, 4.69) is 10.1 Å². The van der Waals surface area contributed by atoms with Crippen LogP contribution in [0, 0.1) is 5.82 Å². The highest BCUT2D eigenvalue weighted by atomic mass is 32.2. The number of nitrogens with two attached hydrogens (primary N) is 2. The van der Waals surface area contributed by atoms with Crippen molar-refractivity contribution in [2.24, 2.45) is 11.6 Å². The Hall–Kier alpha value is -1.24. The van der Waals surface area contributed by atoms with Crippen LogP contribution in [0.25, 0.3) is 0 Å². The van der Waals surface area contributed by atoms with Gasteiger partial charge in [0.1, 0.15) is 5.82 Å². The molecule has 0 spiro atoms. The molecule has 0 fully saturated rings. The molecule has 0 bridgehead atoms. The van der Waals surface area contributed by atoms with Crippen LogP contribution < -0.4 is 21.7 Å². The van der Waals surface area contributed by atoms with Gasteiger partial charge in [0.15, 0.2) is 0 Å². The standard InChI is InChI=1S/C9H13FN4S/c10-8-3-7(6-11)4-9(5-8)14-15-2-1-13-12/h1-5,13-14H,6,11-12H2/b2-1-. The molecule has 1 aromatic carbocycles. The molecule has 0 unspecified atom stereocenters. The second-order valence-corrected chi connectivity index (χ2v) is 3.45. The maximum absolute atomic E-state index is 13.0. The van der Waals surface area contributed by atoms with E-state index in [1.807, 2.05) is 0 Å². The number of hydrogen-bond acceptors (Lipinski definition) is 5. The molecule has 0 heterocycles. The van der Waals surface area contributed by atoms with Crippen molar-refractivity contribution in [3.05, 3.63) is 41.2 Å². The number of nitrogens with one attached hydrogen (secondary N) is 2. The van der Waals surface area contributed by atoms with Gasteiger partial charge in [0.05, 0.1) is 0 Å². The summed E-state index contributed by atoms with van der Waals surface area (Å²) in [5, 5.41) is 1.70. The van der Waals surface area contributed by atoms with Crippen molar-refractivity contribution >= 4 is 17.6 Å². The Morgan fingerprint density at radius 1 is 1.40 bits per heavy atom. The highest BCUT2D eigenvalue weighted by molar-refractivity contribution is 8.03. The maximum Gasteiger partial charge on any atom is 0.125 e. The fraction of sp³-hybridized carbons (Fsp3) is 0.111. The molecule has 1 aromatic rings. The Morgan fingerprint density at radius 3 is 2.87 bits per heavy atom.